The van der Waals surface area contributed by atoms with Crippen LogP contribution in [0, 0.1) is 0 Å². The van der Waals surface area contributed by atoms with E-state index >= 15 is 0 Å². The number of fused-ring (bicyclic) bond motifs is 12. The summed E-state index contributed by atoms with van der Waals surface area (Å²) in [6.07, 6.45) is 0. The Hall–Kier alpha value is -4.80. The molecule has 8 aromatic rings. The zero-order valence-corrected chi connectivity index (χ0v) is 33.8. The van der Waals surface area contributed by atoms with Gasteiger partial charge in [0.1, 0.15) is 0 Å². The maximum Gasteiger partial charge on any atom is 0.0720 e. The molecule has 11 rings (SSSR count). The molecular weight excluding hydrogens is 852 g/mol. The summed E-state index contributed by atoms with van der Waals surface area (Å²) >= 11 is 11.8. The summed E-state index contributed by atoms with van der Waals surface area (Å²) in [6, 6.07) is 65.8. The fourth-order valence-corrected chi connectivity index (χ4v) is 11.3. The van der Waals surface area contributed by atoms with E-state index in [2.05, 4.69) is 224 Å². The second kappa shape index (κ2) is 12.4. The van der Waals surface area contributed by atoms with Crippen molar-refractivity contribution < 1.29 is 0 Å². The Morgan fingerprint density at radius 1 is 0.370 bits per heavy atom. The predicted molar refractivity (Wildman–Crippen MR) is 232 cm³/mol. The van der Waals surface area contributed by atoms with Crippen LogP contribution in [0.2, 0.25) is 0 Å². The summed E-state index contributed by atoms with van der Waals surface area (Å²) in [6.45, 7) is 0. The van der Waals surface area contributed by atoms with Crippen molar-refractivity contribution in [1.29, 1.82) is 0 Å². The van der Waals surface area contributed by atoms with Gasteiger partial charge in [0.25, 0.3) is 0 Å². The Morgan fingerprint density at radius 2 is 0.759 bits per heavy atom. The molecule has 0 bridgehead atoms. The van der Waals surface area contributed by atoms with Crippen LogP contribution < -0.4 is 0 Å². The minimum atomic E-state index is -0.595. The van der Waals surface area contributed by atoms with Gasteiger partial charge in [-0.2, -0.15) is 0 Å². The molecule has 3 aliphatic carbocycles. The van der Waals surface area contributed by atoms with E-state index in [0.29, 0.717) is 0 Å². The molecule has 0 radical (unpaired) electrons. The highest BCUT2D eigenvalue weighted by atomic mass is 79.9. The van der Waals surface area contributed by atoms with Crippen molar-refractivity contribution in [2.75, 3.05) is 0 Å². The zero-order chi connectivity index (χ0) is 36.1. The van der Waals surface area contributed by atoms with Gasteiger partial charge in [-0.1, -0.05) is 187 Å². The third kappa shape index (κ3) is 4.47. The molecule has 256 valence electrons. The molecular formula is C51H31Br3. The molecule has 3 heteroatoms. The molecule has 0 nitrogen and oxygen atoms in total. The molecule has 0 fully saturated rings. The average molecular weight is 884 g/mol. The lowest BCUT2D eigenvalue weighted by Gasteiger charge is -2.36. The van der Waals surface area contributed by atoms with Crippen LogP contribution in [0.1, 0.15) is 67.5 Å². The maximum absolute atomic E-state index is 3.97. The van der Waals surface area contributed by atoms with E-state index in [9.17, 15) is 0 Å². The summed E-state index contributed by atoms with van der Waals surface area (Å²) in [5.41, 5.74) is 20.8. The number of rotatable bonds is 4. The lowest BCUT2D eigenvalue weighted by Crippen LogP contribution is -2.29. The van der Waals surface area contributed by atoms with E-state index in [1.54, 1.807) is 0 Å². The fourth-order valence-electron chi connectivity index (χ4n) is 10.2. The van der Waals surface area contributed by atoms with Gasteiger partial charge < -0.3 is 0 Å². The van der Waals surface area contributed by atoms with Crippen LogP contribution in [0.15, 0.2) is 189 Å². The summed E-state index contributed by atoms with van der Waals surface area (Å²) in [7, 11) is 0. The van der Waals surface area contributed by atoms with Gasteiger partial charge in [-0.05, 0) is 125 Å². The van der Waals surface area contributed by atoms with Crippen molar-refractivity contribution in [1.82, 2.24) is 0 Å². The maximum atomic E-state index is 3.97. The largest absolute Gasteiger partial charge is 0.0720 e. The Labute approximate surface area is 341 Å². The minimum absolute atomic E-state index is 0.0402. The molecule has 0 aliphatic heterocycles. The monoisotopic (exact) mass is 880 g/mol. The molecule has 54 heavy (non-hydrogen) atoms. The lowest BCUT2D eigenvalue weighted by molar-refractivity contribution is 0.768. The molecule has 8 aromatic carbocycles. The molecule has 0 spiro atoms. The van der Waals surface area contributed by atoms with Crippen molar-refractivity contribution in [3.63, 3.8) is 0 Å². The molecule has 0 N–H and O–H groups in total. The summed E-state index contributed by atoms with van der Waals surface area (Å²) in [4.78, 5) is 0. The van der Waals surface area contributed by atoms with E-state index in [-0.39, 0.29) is 11.8 Å². The van der Waals surface area contributed by atoms with E-state index < -0.39 is 5.41 Å². The standard InChI is InChI=1S/C51H31Br3/c52-34-21-24-37-40(27-34)43(30-13-5-1-6-14-30)49-45(37)48-44(31-15-7-2-8-16-31)41-28-35(53)22-25-38(41)46(48)50-47(49)39-26-23-36(54)29-42(39)51(50,32-17-9-3-10-18-32)33-19-11-4-12-20-33/h1-29,43-44H. The summed E-state index contributed by atoms with van der Waals surface area (Å²) < 4.78 is 3.28. The fraction of sp³-hybridized carbons (Fsp3) is 0.0588. The Balaban J connectivity index is 1.43. The van der Waals surface area contributed by atoms with Crippen LogP contribution in [0.3, 0.4) is 0 Å². The average Bonchev–Trinajstić information content (AvgIpc) is 3.82. The Morgan fingerprint density at radius 3 is 1.24 bits per heavy atom. The van der Waals surface area contributed by atoms with Crippen LogP contribution in [-0.2, 0) is 5.41 Å². The third-order valence-corrected chi connectivity index (χ3v) is 13.5. The third-order valence-electron chi connectivity index (χ3n) is 12.1. The second-order valence-electron chi connectivity index (χ2n) is 14.6. The van der Waals surface area contributed by atoms with Crippen molar-refractivity contribution in [2.24, 2.45) is 0 Å². The molecule has 2 atom stereocenters. The van der Waals surface area contributed by atoms with E-state index in [1.807, 2.05) is 0 Å². The van der Waals surface area contributed by atoms with Crippen LogP contribution in [0.5, 0.6) is 0 Å². The highest BCUT2D eigenvalue weighted by Gasteiger charge is 2.54. The van der Waals surface area contributed by atoms with Crippen molar-refractivity contribution in [3.05, 3.63) is 245 Å². The number of hydrogen-bond acceptors (Lipinski definition) is 0. The van der Waals surface area contributed by atoms with E-state index in [0.717, 1.165) is 13.4 Å². The van der Waals surface area contributed by atoms with Crippen molar-refractivity contribution >= 4 is 47.8 Å². The summed E-state index contributed by atoms with van der Waals surface area (Å²) in [5.74, 6) is 0.0805. The molecule has 0 amide bonds. The topological polar surface area (TPSA) is 0 Å². The highest BCUT2D eigenvalue weighted by Crippen LogP contribution is 2.69. The van der Waals surface area contributed by atoms with E-state index in [4.69, 9.17) is 0 Å². The minimum Gasteiger partial charge on any atom is -0.0622 e. The van der Waals surface area contributed by atoms with Crippen molar-refractivity contribution in [3.8, 4) is 33.4 Å². The van der Waals surface area contributed by atoms with E-state index in [1.165, 1.54) is 89.0 Å². The molecule has 3 aliphatic rings. The van der Waals surface area contributed by atoms with Gasteiger partial charge >= 0.3 is 0 Å². The van der Waals surface area contributed by atoms with Gasteiger partial charge in [-0.25, -0.2) is 0 Å². The first-order valence-corrected chi connectivity index (χ1v) is 20.8. The van der Waals surface area contributed by atoms with Crippen LogP contribution in [0.4, 0.5) is 0 Å². The summed E-state index contributed by atoms with van der Waals surface area (Å²) in [5, 5.41) is 0. The predicted octanol–water partition coefficient (Wildman–Crippen LogP) is 14.7. The van der Waals surface area contributed by atoms with Crippen LogP contribution >= 0.6 is 47.8 Å². The first-order valence-electron chi connectivity index (χ1n) is 18.4. The smallest absolute Gasteiger partial charge is 0.0622 e. The van der Waals surface area contributed by atoms with Crippen molar-refractivity contribution in [2.45, 2.75) is 17.3 Å². The molecule has 0 saturated heterocycles. The van der Waals surface area contributed by atoms with Crippen LogP contribution in [0.25, 0.3) is 33.4 Å². The van der Waals surface area contributed by atoms with Gasteiger partial charge in [0.15, 0.2) is 0 Å². The zero-order valence-electron chi connectivity index (χ0n) is 29.0. The number of benzene rings is 8. The van der Waals surface area contributed by atoms with Gasteiger partial charge in [0.2, 0.25) is 0 Å². The second-order valence-corrected chi connectivity index (χ2v) is 17.4. The normalized spacial score (nSPS) is 16.6. The Kier molecular flexibility index (Phi) is 7.47. The lowest BCUT2D eigenvalue weighted by atomic mass is 9.65. The van der Waals surface area contributed by atoms with Gasteiger partial charge in [-0.3, -0.25) is 0 Å². The van der Waals surface area contributed by atoms with Gasteiger partial charge in [0.05, 0.1) is 5.41 Å². The molecule has 0 saturated carbocycles. The van der Waals surface area contributed by atoms with Gasteiger partial charge in [-0.15, -0.1) is 0 Å². The number of halogens is 3. The number of hydrogen-bond donors (Lipinski definition) is 0. The first-order chi connectivity index (χ1) is 26.6. The van der Waals surface area contributed by atoms with Crippen LogP contribution in [-0.4, -0.2) is 0 Å². The molecule has 0 heterocycles. The molecule has 2 unspecified atom stereocenters. The van der Waals surface area contributed by atoms with Gasteiger partial charge in [0, 0.05) is 25.3 Å². The highest BCUT2D eigenvalue weighted by molar-refractivity contribution is 9.11. The quantitative estimate of drug-likeness (QED) is 0.165. The first kappa shape index (κ1) is 32.6. The molecule has 0 aromatic heterocycles. The SMILES string of the molecule is Brc1ccc2c(c1)C(c1ccccc1)c1c-2c2c(c3c1-c1ccc(Br)cc1C3(c1ccccc1)c1ccccc1)-c1ccc(Br)cc1C2c1ccccc1. The Bertz CT molecular complexity index is 2690.